The average molecular weight is 504 g/mol. The van der Waals surface area contributed by atoms with E-state index in [1.54, 1.807) is 23.1 Å². The van der Waals surface area contributed by atoms with Crippen molar-refractivity contribution in [3.05, 3.63) is 78.4 Å². The van der Waals surface area contributed by atoms with Crippen LogP contribution in [0.4, 0.5) is 5.13 Å². The van der Waals surface area contributed by atoms with Crippen molar-refractivity contribution in [1.29, 1.82) is 0 Å². The SMILES string of the molecule is CSc1ccc2nc(N(CCN3CCOCC3)C(=O)Cc3ccc(-c4ccccc4)cc3)sc2c1. The zero-order chi connectivity index (χ0) is 24.0. The molecule has 35 heavy (non-hydrogen) atoms. The highest BCUT2D eigenvalue weighted by molar-refractivity contribution is 7.98. The van der Waals surface area contributed by atoms with Crippen LogP contribution in [0, 0.1) is 0 Å². The molecular weight excluding hydrogens is 474 g/mol. The van der Waals surface area contributed by atoms with Gasteiger partial charge in [0.05, 0.1) is 29.9 Å². The molecular formula is C28H29N3O2S2. The van der Waals surface area contributed by atoms with Gasteiger partial charge in [0.2, 0.25) is 5.91 Å². The van der Waals surface area contributed by atoms with Gasteiger partial charge in [0.25, 0.3) is 0 Å². The molecule has 0 unspecified atom stereocenters. The number of amides is 1. The summed E-state index contributed by atoms with van der Waals surface area (Å²) in [6.07, 6.45) is 2.43. The summed E-state index contributed by atoms with van der Waals surface area (Å²) >= 11 is 3.32. The fourth-order valence-electron chi connectivity index (χ4n) is 4.24. The molecule has 0 radical (unpaired) electrons. The summed E-state index contributed by atoms with van der Waals surface area (Å²) in [4.78, 5) is 23.9. The molecule has 0 bridgehead atoms. The lowest BCUT2D eigenvalue weighted by Gasteiger charge is -2.29. The summed E-state index contributed by atoms with van der Waals surface area (Å²) in [7, 11) is 0. The van der Waals surface area contributed by atoms with Crippen LogP contribution in [0.5, 0.6) is 0 Å². The Kier molecular flexibility index (Phi) is 7.79. The summed E-state index contributed by atoms with van der Waals surface area (Å²) in [5.74, 6) is 0.0786. The molecule has 0 atom stereocenters. The van der Waals surface area contributed by atoms with Crippen LogP contribution >= 0.6 is 23.1 Å². The van der Waals surface area contributed by atoms with Crippen molar-refractivity contribution in [2.24, 2.45) is 0 Å². The number of hydrogen-bond acceptors (Lipinski definition) is 6. The Morgan fingerprint density at radius 2 is 1.77 bits per heavy atom. The average Bonchev–Trinajstić information content (AvgIpc) is 3.33. The highest BCUT2D eigenvalue weighted by Gasteiger charge is 2.22. The maximum atomic E-state index is 13.6. The molecule has 2 heterocycles. The third-order valence-electron chi connectivity index (χ3n) is 6.28. The van der Waals surface area contributed by atoms with Crippen molar-refractivity contribution in [1.82, 2.24) is 9.88 Å². The van der Waals surface area contributed by atoms with E-state index in [0.717, 1.165) is 59.3 Å². The van der Waals surface area contributed by atoms with Crippen LogP contribution in [0.1, 0.15) is 5.56 Å². The fraction of sp³-hybridized carbons (Fsp3) is 0.286. The third kappa shape index (κ3) is 5.93. The molecule has 1 aromatic heterocycles. The molecule has 0 aliphatic carbocycles. The minimum absolute atomic E-state index is 0.0786. The molecule has 180 valence electrons. The smallest absolute Gasteiger partial charge is 0.233 e. The minimum atomic E-state index is 0.0786. The summed E-state index contributed by atoms with van der Waals surface area (Å²) in [5, 5.41) is 0.775. The van der Waals surface area contributed by atoms with Crippen LogP contribution in [-0.4, -0.2) is 61.4 Å². The highest BCUT2D eigenvalue weighted by Crippen LogP contribution is 2.32. The van der Waals surface area contributed by atoms with Crippen molar-refractivity contribution in [2.45, 2.75) is 11.3 Å². The second kappa shape index (κ2) is 11.4. The number of nitrogens with zero attached hydrogens (tertiary/aromatic N) is 3. The Labute approximate surface area is 214 Å². The zero-order valence-corrected chi connectivity index (χ0v) is 21.5. The second-order valence-electron chi connectivity index (χ2n) is 8.57. The Morgan fingerprint density at radius 3 is 2.51 bits per heavy atom. The standard InChI is InChI=1S/C28H29N3O2S2/c1-34-24-11-12-25-26(20-24)35-28(29-25)31(14-13-30-15-17-33-18-16-30)27(32)19-21-7-9-23(10-8-21)22-5-3-2-4-6-22/h2-12,20H,13-19H2,1H3. The minimum Gasteiger partial charge on any atom is -0.379 e. The van der Waals surface area contributed by atoms with Crippen LogP contribution < -0.4 is 4.90 Å². The Morgan fingerprint density at radius 1 is 1.03 bits per heavy atom. The number of thioether (sulfide) groups is 1. The van der Waals surface area contributed by atoms with Gasteiger partial charge in [-0.25, -0.2) is 4.98 Å². The topological polar surface area (TPSA) is 45.7 Å². The van der Waals surface area contributed by atoms with Gasteiger partial charge in [-0.1, -0.05) is 65.9 Å². The molecule has 7 heteroatoms. The first-order chi connectivity index (χ1) is 17.2. The van der Waals surface area contributed by atoms with Crippen LogP contribution in [-0.2, 0) is 16.0 Å². The van der Waals surface area contributed by atoms with Crippen LogP contribution in [0.2, 0.25) is 0 Å². The quantitative estimate of drug-likeness (QED) is 0.293. The number of aromatic nitrogens is 1. The van der Waals surface area contributed by atoms with E-state index in [9.17, 15) is 4.79 Å². The van der Waals surface area contributed by atoms with E-state index in [-0.39, 0.29) is 5.91 Å². The maximum absolute atomic E-state index is 13.6. The zero-order valence-electron chi connectivity index (χ0n) is 19.9. The van der Waals surface area contributed by atoms with Gasteiger partial charge in [-0.15, -0.1) is 11.8 Å². The van der Waals surface area contributed by atoms with E-state index in [2.05, 4.69) is 59.7 Å². The molecule has 0 spiro atoms. The van der Waals surface area contributed by atoms with Gasteiger partial charge in [0, 0.05) is 31.1 Å². The van der Waals surface area contributed by atoms with Gasteiger partial charge in [-0.3, -0.25) is 14.6 Å². The first-order valence-corrected chi connectivity index (χ1v) is 13.9. The normalized spacial score (nSPS) is 14.3. The molecule has 3 aromatic carbocycles. The number of fused-ring (bicyclic) bond motifs is 1. The molecule has 5 nitrogen and oxygen atoms in total. The molecule has 4 aromatic rings. The maximum Gasteiger partial charge on any atom is 0.233 e. The lowest BCUT2D eigenvalue weighted by Crippen LogP contribution is -2.43. The van der Waals surface area contributed by atoms with E-state index in [0.29, 0.717) is 13.0 Å². The van der Waals surface area contributed by atoms with Crippen molar-refractivity contribution < 1.29 is 9.53 Å². The van der Waals surface area contributed by atoms with Crippen molar-refractivity contribution in [2.75, 3.05) is 50.5 Å². The lowest BCUT2D eigenvalue weighted by atomic mass is 10.0. The number of morpholine rings is 1. The van der Waals surface area contributed by atoms with Crippen LogP contribution in [0.3, 0.4) is 0 Å². The third-order valence-corrected chi connectivity index (χ3v) is 8.04. The van der Waals surface area contributed by atoms with Crippen molar-refractivity contribution >= 4 is 44.4 Å². The van der Waals surface area contributed by atoms with E-state index in [4.69, 9.17) is 9.72 Å². The molecule has 0 saturated carbocycles. The number of ether oxygens (including phenoxy) is 1. The van der Waals surface area contributed by atoms with Crippen LogP contribution in [0.15, 0.2) is 77.7 Å². The van der Waals surface area contributed by atoms with E-state index in [1.807, 2.05) is 29.2 Å². The Bertz CT molecular complexity index is 1270. The molecule has 1 amide bonds. The first kappa shape index (κ1) is 24.0. The number of hydrogen-bond donors (Lipinski definition) is 0. The van der Waals surface area contributed by atoms with E-state index < -0.39 is 0 Å². The summed E-state index contributed by atoms with van der Waals surface area (Å²) in [5.41, 5.74) is 4.29. The molecule has 1 aliphatic rings. The molecule has 1 saturated heterocycles. The number of carbonyl (C=O) groups is 1. The van der Waals surface area contributed by atoms with Crippen molar-refractivity contribution in [3.8, 4) is 11.1 Å². The van der Waals surface area contributed by atoms with Crippen molar-refractivity contribution in [3.63, 3.8) is 0 Å². The molecule has 1 fully saturated rings. The van der Waals surface area contributed by atoms with Gasteiger partial charge in [0.1, 0.15) is 0 Å². The van der Waals surface area contributed by atoms with E-state index in [1.165, 1.54) is 10.5 Å². The summed E-state index contributed by atoms with van der Waals surface area (Å²) in [6, 6.07) is 24.9. The summed E-state index contributed by atoms with van der Waals surface area (Å²) < 4.78 is 6.60. The van der Waals surface area contributed by atoms with Gasteiger partial charge in [-0.2, -0.15) is 0 Å². The highest BCUT2D eigenvalue weighted by atomic mass is 32.2. The molecule has 5 rings (SSSR count). The lowest BCUT2D eigenvalue weighted by molar-refractivity contribution is -0.118. The number of benzene rings is 3. The molecule has 0 N–H and O–H groups in total. The van der Waals surface area contributed by atoms with Gasteiger partial charge >= 0.3 is 0 Å². The van der Waals surface area contributed by atoms with Gasteiger partial charge in [0.15, 0.2) is 5.13 Å². The second-order valence-corrected chi connectivity index (χ2v) is 10.5. The number of rotatable bonds is 8. The van der Waals surface area contributed by atoms with Gasteiger partial charge in [-0.05, 0) is 41.1 Å². The largest absolute Gasteiger partial charge is 0.379 e. The monoisotopic (exact) mass is 503 g/mol. The Hall–Kier alpha value is -2.71. The number of anilines is 1. The van der Waals surface area contributed by atoms with E-state index >= 15 is 0 Å². The summed E-state index contributed by atoms with van der Waals surface area (Å²) in [6.45, 7) is 4.74. The van der Waals surface area contributed by atoms with Gasteiger partial charge < -0.3 is 4.74 Å². The first-order valence-electron chi connectivity index (χ1n) is 11.9. The number of carbonyl (C=O) groups excluding carboxylic acids is 1. The van der Waals surface area contributed by atoms with Crippen LogP contribution in [0.25, 0.3) is 21.3 Å². The fourth-order valence-corrected chi connectivity index (χ4v) is 5.81. The predicted octanol–water partition coefficient (Wildman–Crippen LogP) is 5.59. The number of thiazole rings is 1. The molecule has 1 aliphatic heterocycles. The Balaban J connectivity index is 1.35. The predicted molar refractivity (Wildman–Crippen MR) is 147 cm³/mol.